The van der Waals surface area contributed by atoms with E-state index in [0.717, 1.165) is 23.7 Å². The molecule has 2 bridgehead atoms. The van der Waals surface area contributed by atoms with Crippen LogP contribution in [0.1, 0.15) is 12.8 Å². The van der Waals surface area contributed by atoms with E-state index in [-0.39, 0.29) is 0 Å². The second-order valence-electron chi connectivity index (χ2n) is 5.24. The zero-order valence-corrected chi connectivity index (χ0v) is 6.85. The van der Waals surface area contributed by atoms with Gasteiger partial charge >= 0.3 is 0 Å². The third-order valence-electron chi connectivity index (χ3n) is 4.99. The van der Waals surface area contributed by atoms with E-state index in [4.69, 9.17) is 9.47 Å². The van der Waals surface area contributed by atoms with E-state index in [1.54, 1.807) is 0 Å². The predicted octanol–water partition coefficient (Wildman–Crippen LogP) is 0.807. The molecule has 0 spiro atoms. The molecule has 3 saturated carbocycles. The van der Waals surface area contributed by atoms with Crippen LogP contribution in [-0.4, -0.2) is 24.4 Å². The van der Waals surface area contributed by atoms with Gasteiger partial charge in [0, 0.05) is 0 Å². The van der Waals surface area contributed by atoms with Gasteiger partial charge in [-0.25, -0.2) is 0 Å². The Morgan fingerprint density at radius 2 is 1.67 bits per heavy atom. The maximum Gasteiger partial charge on any atom is 0.0876 e. The molecule has 5 rings (SSSR count). The molecule has 2 saturated heterocycles. The summed E-state index contributed by atoms with van der Waals surface area (Å²) in [6.07, 6.45) is 5.58. The smallest absolute Gasteiger partial charge is 0.0876 e. The minimum absolute atomic E-state index is 0.676. The second kappa shape index (κ2) is 1.38. The minimum Gasteiger partial charge on any atom is -0.369 e. The number of rotatable bonds is 0. The van der Waals surface area contributed by atoms with Gasteiger partial charge in [-0.2, -0.15) is 0 Å². The largest absolute Gasteiger partial charge is 0.369 e. The van der Waals surface area contributed by atoms with Gasteiger partial charge in [0.25, 0.3) is 0 Å². The lowest BCUT2D eigenvalue weighted by molar-refractivity contribution is 0.162. The molecule has 2 nitrogen and oxygen atoms in total. The summed E-state index contributed by atoms with van der Waals surface area (Å²) in [7, 11) is 0. The number of ether oxygens (including phenoxy) is 2. The highest BCUT2D eigenvalue weighted by Crippen LogP contribution is 2.69. The summed E-state index contributed by atoms with van der Waals surface area (Å²) in [6, 6.07) is 0. The minimum atomic E-state index is 0.676. The number of hydrogen-bond donors (Lipinski definition) is 0. The molecule has 5 aliphatic rings. The molecule has 0 aromatic carbocycles. The van der Waals surface area contributed by atoms with E-state index in [0.29, 0.717) is 24.4 Å². The van der Waals surface area contributed by atoms with Gasteiger partial charge in [-0.3, -0.25) is 0 Å². The lowest BCUT2D eigenvalue weighted by atomic mass is 9.81. The van der Waals surface area contributed by atoms with E-state index in [9.17, 15) is 0 Å². The molecule has 2 aliphatic heterocycles. The van der Waals surface area contributed by atoms with Gasteiger partial charge in [0.15, 0.2) is 0 Å². The van der Waals surface area contributed by atoms with Crippen LogP contribution in [0.15, 0.2) is 0 Å². The average molecular weight is 164 g/mol. The summed E-state index contributed by atoms with van der Waals surface area (Å²) in [4.78, 5) is 0. The zero-order valence-electron chi connectivity index (χ0n) is 6.85. The average Bonchev–Trinajstić information content (AvgIpc) is 2.92. The monoisotopic (exact) mass is 164 g/mol. The maximum absolute atomic E-state index is 5.69. The fourth-order valence-corrected chi connectivity index (χ4v) is 4.58. The van der Waals surface area contributed by atoms with Crippen molar-refractivity contribution in [2.45, 2.75) is 37.3 Å². The van der Waals surface area contributed by atoms with Crippen LogP contribution < -0.4 is 0 Å². The molecular weight excluding hydrogens is 152 g/mol. The Morgan fingerprint density at radius 1 is 0.750 bits per heavy atom. The van der Waals surface area contributed by atoms with E-state index in [1.165, 1.54) is 12.8 Å². The van der Waals surface area contributed by atoms with E-state index >= 15 is 0 Å². The summed E-state index contributed by atoms with van der Waals surface area (Å²) in [5.41, 5.74) is 0. The summed E-state index contributed by atoms with van der Waals surface area (Å²) in [5, 5.41) is 0. The third-order valence-corrected chi connectivity index (χ3v) is 4.99. The van der Waals surface area contributed by atoms with Crippen molar-refractivity contribution in [1.29, 1.82) is 0 Å². The van der Waals surface area contributed by atoms with Crippen molar-refractivity contribution >= 4 is 0 Å². The Balaban J connectivity index is 1.66. The fourth-order valence-electron chi connectivity index (χ4n) is 4.58. The Bertz CT molecular complexity index is 273. The predicted molar refractivity (Wildman–Crippen MR) is 40.5 cm³/mol. The van der Waals surface area contributed by atoms with Crippen LogP contribution in [0.3, 0.4) is 0 Å². The molecule has 0 radical (unpaired) electrons. The van der Waals surface area contributed by atoms with Crippen LogP contribution in [0.2, 0.25) is 0 Å². The van der Waals surface area contributed by atoms with Gasteiger partial charge < -0.3 is 9.47 Å². The lowest BCUT2D eigenvalue weighted by Crippen LogP contribution is -2.27. The quantitative estimate of drug-likeness (QED) is 0.495. The van der Waals surface area contributed by atoms with Crippen molar-refractivity contribution in [3.05, 3.63) is 0 Å². The van der Waals surface area contributed by atoms with Crippen LogP contribution in [0.5, 0.6) is 0 Å². The normalized spacial score (nSPS) is 80.0. The lowest BCUT2D eigenvalue weighted by Gasteiger charge is -2.22. The zero-order chi connectivity index (χ0) is 7.45. The molecule has 2 heterocycles. The fraction of sp³-hybridized carbons (Fsp3) is 1.00. The molecule has 0 aromatic rings. The molecule has 0 amide bonds. The molecule has 3 aliphatic carbocycles. The van der Waals surface area contributed by atoms with Crippen molar-refractivity contribution < 1.29 is 9.47 Å². The van der Waals surface area contributed by atoms with Gasteiger partial charge in [0.1, 0.15) is 0 Å². The van der Waals surface area contributed by atoms with Gasteiger partial charge in [-0.1, -0.05) is 0 Å². The Hall–Kier alpha value is -0.0800. The highest BCUT2D eigenvalue weighted by Gasteiger charge is 2.74. The number of epoxide rings is 2. The first-order valence-corrected chi connectivity index (χ1v) is 5.24. The van der Waals surface area contributed by atoms with Crippen LogP contribution >= 0.6 is 0 Å². The first-order chi connectivity index (χ1) is 5.93. The first-order valence-electron chi connectivity index (χ1n) is 5.24. The van der Waals surface area contributed by atoms with Crippen molar-refractivity contribution in [3.63, 3.8) is 0 Å². The molecule has 8 atom stereocenters. The third kappa shape index (κ3) is 0.409. The van der Waals surface area contributed by atoms with Gasteiger partial charge in [-0.15, -0.1) is 0 Å². The van der Waals surface area contributed by atoms with Gasteiger partial charge in [0.2, 0.25) is 0 Å². The topological polar surface area (TPSA) is 25.1 Å². The Kier molecular flexibility index (Phi) is 0.644. The standard InChI is InChI=1S/C10H12O2/c1-4-3-2-6-10(11-6)7(3)5(1)9-8(4)12-9/h3-10H,1-2H2/t3-,4+,5-,6-,7+,8+,9-,10-/m0/s1. The number of hydrogen-bond acceptors (Lipinski definition) is 2. The van der Waals surface area contributed by atoms with E-state index in [2.05, 4.69) is 0 Å². The van der Waals surface area contributed by atoms with Crippen LogP contribution in [0.4, 0.5) is 0 Å². The van der Waals surface area contributed by atoms with Crippen LogP contribution in [0.25, 0.3) is 0 Å². The van der Waals surface area contributed by atoms with Crippen molar-refractivity contribution in [2.24, 2.45) is 23.7 Å². The Morgan fingerprint density at radius 3 is 2.67 bits per heavy atom. The number of fused-ring (bicyclic) bond motifs is 10. The van der Waals surface area contributed by atoms with Crippen LogP contribution in [0, 0.1) is 23.7 Å². The summed E-state index contributed by atoms with van der Waals surface area (Å²) in [5.74, 6) is 3.77. The molecule has 5 fully saturated rings. The van der Waals surface area contributed by atoms with Crippen LogP contribution in [-0.2, 0) is 9.47 Å². The summed E-state index contributed by atoms with van der Waals surface area (Å²) < 4.78 is 11.3. The van der Waals surface area contributed by atoms with E-state index in [1.807, 2.05) is 0 Å². The molecule has 0 unspecified atom stereocenters. The maximum atomic E-state index is 5.69. The summed E-state index contributed by atoms with van der Waals surface area (Å²) >= 11 is 0. The van der Waals surface area contributed by atoms with E-state index < -0.39 is 0 Å². The summed E-state index contributed by atoms with van der Waals surface area (Å²) in [6.45, 7) is 0. The highest BCUT2D eigenvalue weighted by molar-refractivity contribution is 5.21. The molecule has 12 heavy (non-hydrogen) atoms. The SMILES string of the molecule is C1[C@@H]2[C@@H]3C[C@@H]4O[C@@H]4[C@H]3[C@H]1[C@@H]1O[C@H]21. The van der Waals surface area contributed by atoms with Gasteiger partial charge in [0.05, 0.1) is 24.4 Å². The second-order valence-corrected chi connectivity index (χ2v) is 5.24. The molecule has 64 valence electrons. The first kappa shape index (κ1) is 5.61. The highest BCUT2D eigenvalue weighted by atomic mass is 16.6. The van der Waals surface area contributed by atoms with Crippen molar-refractivity contribution in [2.75, 3.05) is 0 Å². The molecule has 0 aromatic heterocycles. The Labute approximate surface area is 71.2 Å². The molecule has 0 N–H and O–H groups in total. The van der Waals surface area contributed by atoms with Gasteiger partial charge in [-0.05, 0) is 36.5 Å². The van der Waals surface area contributed by atoms with Crippen molar-refractivity contribution in [1.82, 2.24) is 0 Å². The molecule has 2 heteroatoms. The van der Waals surface area contributed by atoms with Crippen molar-refractivity contribution in [3.8, 4) is 0 Å². The molecular formula is C10H12O2.